The second kappa shape index (κ2) is 9.21. The van der Waals surface area contributed by atoms with Crippen LogP contribution < -0.4 is 10.5 Å². The van der Waals surface area contributed by atoms with Gasteiger partial charge in [0.15, 0.2) is 0 Å². The third-order valence-electron chi connectivity index (χ3n) is 4.18. The molecule has 3 nitrogen and oxygen atoms in total. The molecule has 2 rings (SSSR count). The summed E-state index contributed by atoms with van der Waals surface area (Å²) in [6.45, 7) is 2.24. The number of likely N-dealkylation sites (N-methyl/N-ethyl adjacent to an activating group) is 1. The van der Waals surface area contributed by atoms with Crippen LogP contribution in [-0.4, -0.2) is 32.1 Å². The molecule has 0 aliphatic heterocycles. The number of methoxy groups -OCH3 is 1. The Morgan fingerprint density at radius 1 is 0.826 bits per heavy atom. The van der Waals surface area contributed by atoms with E-state index in [0.717, 1.165) is 37.4 Å². The number of nitrogen functional groups attached to an aromatic ring is 1. The fourth-order valence-electron chi connectivity index (χ4n) is 2.62. The molecular weight excluding hydrogens is 284 g/mol. The molecule has 0 radical (unpaired) electrons. The molecule has 2 aromatic rings. The zero-order valence-corrected chi connectivity index (χ0v) is 14.3. The average Bonchev–Trinajstić information content (AvgIpc) is 2.59. The summed E-state index contributed by atoms with van der Waals surface area (Å²) in [7, 11) is 3.90. The highest BCUT2D eigenvalue weighted by Crippen LogP contribution is 2.12. The number of nitrogens with zero attached hydrogens (tertiary/aromatic N) is 1. The van der Waals surface area contributed by atoms with Crippen molar-refractivity contribution in [3.63, 3.8) is 0 Å². The summed E-state index contributed by atoms with van der Waals surface area (Å²) in [6, 6.07) is 16.6. The Kier molecular flexibility index (Phi) is 6.95. The Morgan fingerprint density at radius 2 is 1.43 bits per heavy atom. The van der Waals surface area contributed by atoms with Gasteiger partial charge in [0.05, 0.1) is 7.11 Å². The van der Waals surface area contributed by atoms with Gasteiger partial charge in [-0.05, 0) is 74.7 Å². The predicted molar refractivity (Wildman–Crippen MR) is 98.0 cm³/mol. The lowest BCUT2D eigenvalue weighted by Gasteiger charge is -2.16. The van der Waals surface area contributed by atoms with Gasteiger partial charge in [0.2, 0.25) is 0 Å². The predicted octanol–water partition coefficient (Wildman–Crippen LogP) is 3.77. The first-order chi connectivity index (χ1) is 11.2. The van der Waals surface area contributed by atoms with E-state index in [9.17, 15) is 0 Å². The highest BCUT2D eigenvalue weighted by Gasteiger charge is 2.01. The van der Waals surface area contributed by atoms with Crippen molar-refractivity contribution in [2.45, 2.75) is 25.7 Å². The molecule has 124 valence electrons. The number of nitrogens with two attached hydrogens (primary N) is 1. The Hall–Kier alpha value is -2.00. The molecule has 0 bridgehead atoms. The van der Waals surface area contributed by atoms with Gasteiger partial charge in [-0.25, -0.2) is 0 Å². The largest absolute Gasteiger partial charge is 0.497 e. The van der Waals surface area contributed by atoms with E-state index in [4.69, 9.17) is 10.5 Å². The lowest BCUT2D eigenvalue weighted by molar-refractivity contribution is 0.330. The van der Waals surface area contributed by atoms with Crippen LogP contribution in [0.4, 0.5) is 5.69 Å². The van der Waals surface area contributed by atoms with Gasteiger partial charge in [-0.15, -0.1) is 0 Å². The van der Waals surface area contributed by atoms with Crippen LogP contribution in [-0.2, 0) is 12.8 Å². The topological polar surface area (TPSA) is 38.5 Å². The smallest absolute Gasteiger partial charge is 0.118 e. The molecule has 0 fully saturated rings. The molecule has 0 unspecified atom stereocenters. The van der Waals surface area contributed by atoms with Gasteiger partial charge in [0.1, 0.15) is 5.75 Å². The second-order valence-electron chi connectivity index (χ2n) is 6.10. The summed E-state index contributed by atoms with van der Waals surface area (Å²) < 4.78 is 5.19. The van der Waals surface area contributed by atoms with E-state index in [2.05, 4.69) is 36.2 Å². The SMILES string of the molecule is COc1ccc(CCN(C)CCCCc2ccc(N)cc2)cc1. The van der Waals surface area contributed by atoms with E-state index in [1.54, 1.807) is 7.11 Å². The Balaban J connectivity index is 1.60. The van der Waals surface area contributed by atoms with Crippen LogP contribution >= 0.6 is 0 Å². The van der Waals surface area contributed by atoms with Crippen molar-refractivity contribution < 1.29 is 4.74 Å². The average molecular weight is 312 g/mol. The van der Waals surface area contributed by atoms with Crippen molar-refractivity contribution in [3.05, 3.63) is 59.7 Å². The minimum Gasteiger partial charge on any atom is -0.497 e. The Morgan fingerprint density at radius 3 is 2.09 bits per heavy atom. The fourth-order valence-corrected chi connectivity index (χ4v) is 2.62. The molecule has 3 heteroatoms. The zero-order chi connectivity index (χ0) is 16.5. The first-order valence-corrected chi connectivity index (χ1v) is 8.33. The summed E-state index contributed by atoms with van der Waals surface area (Å²) in [4.78, 5) is 2.41. The molecule has 0 saturated carbocycles. The minimum absolute atomic E-state index is 0.840. The van der Waals surface area contributed by atoms with Crippen molar-refractivity contribution in [1.82, 2.24) is 4.90 Å². The number of benzene rings is 2. The lowest BCUT2D eigenvalue weighted by Crippen LogP contribution is -2.22. The number of hydrogen-bond donors (Lipinski definition) is 1. The van der Waals surface area contributed by atoms with Crippen molar-refractivity contribution in [2.75, 3.05) is 33.0 Å². The quantitative estimate of drug-likeness (QED) is 0.566. The highest BCUT2D eigenvalue weighted by atomic mass is 16.5. The van der Waals surface area contributed by atoms with Crippen molar-refractivity contribution >= 4 is 5.69 Å². The standard InChI is InChI=1S/C20H28N2O/c1-22(16-14-18-8-12-20(23-2)13-9-18)15-4-3-5-17-6-10-19(21)11-7-17/h6-13H,3-5,14-16,21H2,1-2H3. The summed E-state index contributed by atoms with van der Waals surface area (Å²) in [5.41, 5.74) is 9.28. The van der Waals surface area contributed by atoms with Crippen LogP contribution in [0.5, 0.6) is 5.75 Å². The van der Waals surface area contributed by atoms with E-state index in [1.165, 1.54) is 24.0 Å². The number of hydrogen-bond acceptors (Lipinski definition) is 3. The zero-order valence-electron chi connectivity index (χ0n) is 14.3. The molecule has 0 amide bonds. The number of ether oxygens (including phenoxy) is 1. The van der Waals surface area contributed by atoms with Gasteiger partial charge in [-0.3, -0.25) is 0 Å². The van der Waals surface area contributed by atoms with Crippen LogP contribution in [0.25, 0.3) is 0 Å². The third kappa shape index (κ3) is 6.33. The number of aryl methyl sites for hydroxylation is 1. The summed E-state index contributed by atoms with van der Waals surface area (Å²) >= 11 is 0. The van der Waals surface area contributed by atoms with Gasteiger partial charge < -0.3 is 15.4 Å². The van der Waals surface area contributed by atoms with E-state index in [0.29, 0.717) is 0 Å². The maximum atomic E-state index is 5.71. The van der Waals surface area contributed by atoms with Crippen LogP contribution in [0.1, 0.15) is 24.0 Å². The van der Waals surface area contributed by atoms with Crippen LogP contribution in [0, 0.1) is 0 Å². The molecule has 0 spiro atoms. The van der Waals surface area contributed by atoms with Gasteiger partial charge in [0.25, 0.3) is 0 Å². The molecule has 0 aromatic heterocycles. The molecular formula is C20H28N2O. The van der Waals surface area contributed by atoms with E-state index in [-0.39, 0.29) is 0 Å². The minimum atomic E-state index is 0.840. The number of unbranched alkanes of at least 4 members (excludes halogenated alkanes) is 1. The second-order valence-corrected chi connectivity index (χ2v) is 6.10. The van der Waals surface area contributed by atoms with E-state index >= 15 is 0 Å². The van der Waals surface area contributed by atoms with Gasteiger partial charge in [-0.2, -0.15) is 0 Å². The molecule has 0 heterocycles. The molecule has 0 atom stereocenters. The van der Waals surface area contributed by atoms with Crippen molar-refractivity contribution in [1.29, 1.82) is 0 Å². The van der Waals surface area contributed by atoms with Crippen molar-refractivity contribution in [2.24, 2.45) is 0 Å². The first kappa shape index (κ1) is 17.4. The van der Waals surface area contributed by atoms with Gasteiger partial charge >= 0.3 is 0 Å². The van der Waals surface area contributed by atoms with Crippen molar-refractivity contribution in [3.8, 4) is 5.75 Å². The van der Waals surface area contributed by atoms with Crippen LogP contribution in [0.2, 0.25) is 0 Å². The monoisotopic (exact) mass is 312 g/mol. The molecule has 23 heavy (non-hydrogen) atoms. The van der Waals surface area contributed by atoms with Crippen LogP contribution in [0.3, 0.4) is 0 Å². The number of rotatable bonds is 9. The Bertz CT molecular complexity index is 563. The normalized spacial score (nSPS) is 10.9. The lowest BCUT2D eigenvalue weighted by atomic mass is 10.1. The number of anilines is 1. The van der Waals surface area contributed by atoms with Crippen LogP contribution in [0.15, 0.2) is 48.5 Å². The Labute approximate surface area is 140 Å². The maximum Gasteiger partial charge on any atom is 0.118 e. The first-order valence-electron chi connectivity index (χ1n) is 8.33. The maximum absolute atomic E-state index is 5.71. The van der Waals surface area contributed by atoms with Gasteiger partial charge in [-0.1, -0.05) is 24.3 Å². The van der Waals surface area contributed by atoms with E-state index in [1.807, 2.05) is 24.3 Å². The molecule has 0 aliphatic carbocycles. The molecule has 2 aromatic carbocycles. The van der Waals surface area contributed by atoms with E-state index < -0.39 is 0 Å². The molecule has 0 aliphatic rings. The fraction of sp³-hybridized carbons (Fsp3) is 0.400. The molecule has 0 saturated heterocycles. The summed E-state index contributed by atoms with van der Waals surface area (Å²) in [5.74, 6) is 0.921. The summed E-state index contributed by atoms with van der Waals surface area (Å²) in [6.07, 6.45) is 4.66. The third-order valence-corrected chi connectivity index (χ3v) is 4.18. The molecule has 2 N–H and O–H groups in total. The highest BCUT2D eigenvalue weighted by molar-refractivity contribution is 5.39. The van der Waals surface area contributed by atoms with Gasteiger partial charge in [0, 0.05) is 12.2 Å². The summed E-state index contributed by atoms with van der Waals surface area (Å²) in [5, 5.41) is 0.